The van der Waals surface area contributed by atoms with Crippen molar-refractivity contribution in [3.8, 4) is 0 Å². The molecular weight excluding hydrogens is 392 g/mol. The second-order valence-corrected chi connectivity index (χ2v) is 9.44. The molecule has 1 rings (SSSR count). The normalized spacial score (nSPS) is 15.1. The van der Waals surface area contributed by atoms with Gasteiger partial charge in [-0.1, -0.05) is 30.3 Å². The van der Waals surface area contributed by atoms with Gasteiger partial charge in [0.05, 0.1) is 13.2 Å². The number of hydrogen-bond donors (Lipinski definition) is 1. The Kier molecular flexibility index (Phi) is 12.5. The smallest absolute Gasteiger partial charge is 0.380 e. The van der Waals surface area contributed by atoms with Gasteiger partial charge in [0.1, 0.15) is 11.7 Å². The molecule has 0 spiro atoms. The van der Waals surface area contributed by atoms with Crippen LogP contribution in [0.4, 0.5) is 0 Å². The number of hydrogen-bond acceptors (Lipinski definition) is 7. The lowest BCUT2D eigenvalue weighted by Crippen LogP contribution is -2.46. The first-order valence-corrected chi connectivity index (χ1v) is 12.2. The topological polar surface area (TPSA) is 83.5 Å². The molecule has 0 fully saturated rings. The molecule has 0 amide bonds. The third kappa shape index (κ3) is 9.04. The van der Waals surface area contributed by atoms with Crippen LogP contribution in [0, 0.1) is 0 Å². The highest BCUT2D eigenvalue weighted by Gasteiger charge is 2.39. The first kappa shape index (κ1) is 25.9. The lowest BCUT2D eigenvalue weighted by molar-refractivity contribution is -0.143. The summed E-state index contributed by atoms with van der Waals surface area (Å²) in [6.45, 7) is 10.0. The fraction of sp³-hybridized carbons (Fsp3) is 0.667. The van der Waals surface area contributed by atoms with Crippen molar-refractivity contribution in [1.82, 2.24) is 0 Å². The monoisotopic (exact) mass is 428 g/mol. The van der Waals surface area contributed by atoms with Crippen molar-refractivity contribution in [3.05, 3.63) is 35.9 Å². The van der Waals surface area contributed by atoms with Crippen LogP contribution in [0.2, 0.25) is 6.04 Å². The summed E-state index contributed by atoms with van der Waals surface area (Å²) in [4.78, 5) is 11.3. The molecule has 2 unspecified atom stereocenters. The van der Waals surface area contributed by atoms with Crippen molar-refractivity contribution in [1.29, 1.82) is 0 Å². The highest BCUT2D eigenvalue weighted by molar-refractivity contribution is 6.60. The van der Waals surface area contributed by atoms with E-state index in [1.807, 2.05) is 51.1 Å². The fourth-order valence-corrected chi connectivity index (χ4v) is 5.59. The van der Waals surface area contributed by atoms with E-state index in [0.29, 0.717) is 45.4 Å². The summed E-state index contributed by atoms with van der Waals surface area (Å²) >= 11 is 0. The summed E-state index contributed by atoms with van der Waals surface area (Å²) in [5.41, 5.74) is -0.871. The van der Waals surface area contributed by atoms with Crippen molar-refractivity contribution in [2.45, 2.75) is 51.9 Å². The van der Waals surface area contributed by atoms with Crippen LogP contribution in [0.1, 0.15) is 45.8 Å². The minimum Gasteiger partial charge on any atom is -0.380 e. The van der Waals surface area contributed by atoms with Crippen LogP contribution >= 0.6 is 0 Å². The van der Waals surface area contributed by atoms with Gasteiger partial charge in [0.2, 0.25) is 0 Å². The summed E-state index contributed by atoms with van der Waals surface area (Å²) in [6.07, 6.45) is 0.504. The molecule has 0 heterocycles. The highest BCUT2D eigenvalue weighted by Crippen LogP contribution is 2.28. The Hall–Kier alpha value is -1.13. The molecule has 1 N–H and O–H groups in total. The molecule has 0 saturated carbocycles. The maximum Gasteiger partial charge on any atom is 0.501 e. The standard InChI is InChI=1S/C21H36O7Si/c1-5-26-29(27-6-2,28-7-3)17-11-14-24-15-16-25-20(21(4,23)18-22)19-12-9-8-10-13-19/h8-10,12-13,18,20,23H,5-7,11,14-17H2,1-4H3. The molecule has 1 aromatic rings. The van der Waals surface area contributed by atoms with Crippen LogP contribution in [0.5, 0.6) is 0 Å². The Bertz CT molecular complexity index is 536. The number of carbonyl (C=O) groups is 1. The lowest BCUT2D eigenvalue weighted by atomic mass is 9.94. The summed E-state index contributed by atoms with van der Waals surface area (Å²) in [7, 11) is -2.64. The Morgan fingerprint density at radius 1 is 1.00 bits per heavy atom. The van der Waals surface area contributed by atoms with Crippen LogP contribution in [-0.4, -0.2) is 65.4 Å². The molecule has 0 aliphatic carbocycles. The summed E-state index contributed by atoms with van der Waals surface area (Å²) in [5.74, 6) is 0. The average molecular weight is 429 g/mol. The zero-order valence-electron chi connectivity index (χ0n) is 18.1. The Morgan fingerprint density at radius 2 is 1.59 bits per heavy atom. The van der Waals surface area contributed by atoms with Gasteiger partial charge in [-0.2, -0.15) is 0 Å². The predicted octanol–water partition coefficient (Wildman–Crippen LogP) is 3.15. The zero-order valence-corrected chi connectivity index (χ0v) is 19.1. The summed E-state index contributed by atoms with van der Waals surface area (Å²) in [5, 5.41) is 10.3. The predicted molar refractivity (Wildman–Crippen MR) is 113 cm³/mol. The van der Waals surface area contributed by atoms with Crippen LogP contribution in [0.15, 0.2) is 30.3 Å². The van der Waals surface area contributed by atoms with E-state index in [1.54, 1.807) is 0 Å². The van der Waals surface area contributed by atoms with E-state index in [4.69, 9.17) is 22.8 Å². The molecule has 8 heteroatoms. The van der Waals surface area contributed by atoms with E-state index >= 15 is 0 Å². The number of ether oxygens (including phenoxy) is 2. The first-order chi connectivity index (χ1) is 13.9. The zero-order chi connectivity index (χ0) is 21.6. The van der Waals surface area contributed by atoms with E-state index in [-0.39, 0.29) is 6.61 Å². The maximum absolute atomic E-state index is 11.3. The molecule has 0 aliphatic rings. The largest absolute Gasteiger partial charge is 0.501 e. The number of aliphatic hydroxyl groups is 1. The minimum absolute atomic E-state index is 0.258. The van der Waals surface area contributed by atoms with Crippen LogP contribution in [-0.2, 0) is 27.5 Å². The molecule has 29 heavy (non-hydrogen) atoms. The van der Waals surface area contributed by atoms with Gasteiger partial charge in [0, 0.05) is 32.5 Å². The fourth-order valence-electron chi connectivity index (χ4n) is 3.01. The van der Waals surface area contributed by atoms with Gasteiger partial charge >= 0.3 is 8.80 Å². The maximum atomic E-state index is 11.3. The molecule has 2 atom stereocenters. The Labute approximate surface area is 175 Å². The molecule has 166 valence electrons. The van der Waals surface area contributed by atoms with Gasteiger partial charge in [-0.15, -0.1) is 0 Å². The van der Waals surface area contributed by atoms with E-state index < -0.39 is 20.5 Å². The van der Waals surface area contributed by atoms with E-state index in [2.05, 4.69) is 0 Å². The van der Waals surface area contributed by atoms with Gasteiger partial charge in [0.25, 0.3) is 0 Å². The minimum atomic E-state index is -2.64. The van der Waals surface area contributed by atoms with Gasteiger partial charge in [-0.3, -0.25) is 0 Å². The van der Waals surface area contributed by atoms with Crippen LogP contribution in [0.25, 0.3) is 0 Å². The van der Waals surface area contributed by atoms with Gasteiger partial charge in [-0.25, -0.2) is 0 Å². The van der Waals surface area contributed by atoms with Crippen LogP contribution < -0.4 is 0 Å². The third-order valence-corrected chi connectivity index (χ3v) is 7.40. The third-order valence-electron chi connectivity index (χ3n) is 4.25. The highest BCUT2D eigenvalue weighted by atomic mass is 28.4. The molecule has 0 radical (unpaired) electrons. The van der Waals surface area contributed by atoms with Crippen molar-refractivity contribution < 1.29 is 32.7 Å². The van der Waals surface area contributed by atoms with Crippen molar-refractivity contribution in [2.24, 2.45) is 0 Å². The van der Waals surface area contributed by atoms with E-state index in [0.717, 1.165) is 12.0 Å². The SMILES string of the molecule is CCO[Si](CCCOCCOC(c1ccccc1)C(C)(O)C=O)(OCC)OCC. The quantitative estimate of drug-likeness (QED) is 0.232. The average Bonchev–Trinajstić information content (AvgIpc) is 2.71. The summed E-state index contributed by atoms with van der Waals surface area (Å²) < 4.78 is 28.9. The van der Waals surface area contributed by atoms with Gasteiger partial charge in [-0.05, 0) is 39.7 Å². The van der Waals surface area contributed by atoms with Crippen molar-refractivity contribution in [2.75, 3.05) is 39.6 Å². The Balaban J connectivity index is 2.43. The van der Waals surface area contributed by atoms with E-state index in [9.17, 15) is 9.90 Å². The lowest BCUT2D eigenvalue weighted by Gasteiger charge is -2.29. The molecule has 7 nitrogen and oxygen atoms in total. The Morgan fingerprint density at radius 3 is 2.10 bits per heavy atom. The molecular formula is C21H36O7Si. The number of benzene rings is 1. The van der Waals surface area contributed by atoms with Gasteiger partial charge < -0.3 is 32.7 Å². The second-order valence-electron chi connectivity index (χ2n) is 6.70. The molecule has 0 saturated heterocycles. The molecule has 0 aliphatic heterocycles. The van der Waals surface area contributed by atoms with Crippen molar-refractivity contribution in [3.63, 3.8) is 0 Å². The number of rotatable bonds is 17. The van der Waals surface area contributed by atoms with Crippen LogP contribution in [0.3, 0.4) is 0 Å². The first-order valence-electron chi connectivity index (χ1n) is 10.3. The number of aldehydes is 1. The van der Waals surface area contributed by atoms with Crippen molar-refractivity contribution >= 4 is 15.1 Å². The molecule has 0 aromatic heterocycles. The number of carbonyl (C=O) groups excluding carboxylic acids is 1. The van der Waals surface area contributed by atoms with Gasteiger partial charge in [0.15, 0.2) is 6.29 Å². The molecule has 1 aromatic carbocycles. The summed E-state index contributed by atoms with van der Waals surface area (Å²) in [6, 6.07) is 9.89. The molecule has 0 bridgehead atoms. The van der Waals surface area contributed by atoms with E-state index in [1.165, 1.54) is 6.92 Å². The second kappa shape index (κ2) is 14.0.